The van der Waals surface area contributed by atoms with Crippen LogP contribution in [0, 0.1) is 23.2 Å². The van der Waals surface area contributed by atoms with E-state index >= 15 is 0 Å². The molecule has 39 heavy (non-hydrogen) atoms. The van der Waals surface area contributed by atoms with Gasteiger partial charge in [-0.25, -0.2) is 4.98 Å². The number of rotatable bonds is 7. The Morgan fingerprint density at radius 3 is 2.87 bits per heavy atom. The van der Waals surface area contributed by atoms with Gasteiger partial charge in [-0.2, -0.15) is 0 Å². The number of hydrogen-bond donors (Lipinski definition) is 1. The fourth-order valence-corrected chi connectivity index (χ4v) is 8.12. The number of esters is 1. The topological polar surface area (TPSA) is 132 Å². The molecule has 2 aliphatic heterocycles. The van der Waals surface area contributed by atoms with Gasteiger partial charge in [-0.1, -0.05) is 6.07 Å². The van der Waals surface area contributed by atoms with Crippen LogP contribution in [0.15, 0.2) is 23.6 Å². The molecule has 5 unspecified atom stereocenters. The van der Waals surface area contributed by atoms with Crippen LogP contribution < -0.4 is 10.1 Å². The largest absolute Gasteiger partial charge is 0.486 e. The van der Waals surface area contributed by atoms with Gasteiger partial charge in [-0.3, -0.25) is 29.3 Å². The summed E-state index contributed by atoms with van der Waals surface area (Å²) < 4.78 is 11.7. The number of amides is 3. The van der Waals surface area contributed by atoms with E-state index in [0.717, 1.165) is 19.3 Å². The molecular weight excluding hydrogens is 522 g/mol. The van der Waals surface area contributed by atoms with Crippen molar-refractivity contribution < 1.29 is 33.4 Å². The predicted molar refractivity (Wildman–Crippen MR) is 135 cm³/mol. The number of benzene rings is 1. The minimum absolute atomic E-state index is 0.0314. The van der Waals surface area contributed by atoms with Crippen LogP contribution in [0.3, 0.4) is 0 Å². The molecule has 0 spiro atoms. The van der Waals surface area contributed by atoms with Crippen molar-refractivity contribution in [3.8, 4) is 5.75 Å². The molecular formula is C28H27N3O7S. The number of hydrogen-bond acceptors (Lipinski definition) is 9. The molecule has 4 aliphatic carbocycles. The molecule has 0 radical (unpaired) electrons. The van der Waals surface area contributed by atoms with E-state index in [1.165, 1.54) is 16.2 Å². The first-order valence-corrected chi connectivity index (χ1v) is 14.2. The second-order valence-electron chi connectivity index (χ2n) is 11.3. The first kappa shape index (κ1) is 24.4. The zero-order valence-corrected chi connectivity index (χ0v) is 22.0. The minimum Gasteiger partial charge on any atom is -0.486 e. The number of ketones is 1. The number of nitrogens with one attached hydrogen (secondary N) is 1. The first-order valence-electron chi connectivity index (χ1n) is 13.4. The van der Waals surface area contributed by atoms with Crippen molar-refractivity contribution >= 4 is 40.8 Å². The summed E-state index contributed by atoms with van der Waals surface area (Å²) in [6.45, 7) is 0.456. The lowest BCUT2D eigenvalue weighted by molar-refractivity contribution is -0.160. The average molecular weight is 550 g/mol. The first-order chi connectivity index (χ1) is 18.8. The summed E-state index contributed by atoms with van der Waals surface area (Å²) in [6.07, 6.45) is 3.64. The Morgan fingerprint density at radius 1 is 1.15 bits per heavy atom. The second kappa shape index (κ2) is 8.97. The number of aromatic nitrogens is 1. The summed E-state index contributed by atoms with van der Waals surface area (Å²) in [7, 11) is 0. The molecule has 6 aliphatic rings. The van der Waals surface area contributed by atoms with Crippen molar-refractivity contribution in [1.82, 2.24) is 15.2 Å². The number of fused-ring (bicyclic) bond motifs is 1. The van der Waals surface area contributed by atoms with E-state index in [0.29, 0.717) is 46.3 Å². The van der Waals surface area contributed by atoms with Gasteiger partial charge in [0.05, 0.1) is 17.7 Å². The highest BCUT2D eigenvalue weighted by Gasteiger charge is 2.66. The summed E-state index contributed by atoms with van der Waals surface area (Å²) in [4.78, 5) is 68.5. The zero-order chi connectivity index (χ0) is 26.9. The zero-order valence-electron chi connectivity index (χ0n) is 21.1. The molecule has 1 N–H and O–H groups in total. The van der Waals surface area contributed by atoms with Crippen LogP contribution >= 0.6 is 11.3 Å². The van der Waals surface area contributed by atoms with Crippen LogP contribution in [0.2, 0.25) is 0 Å². The predicted octanol–water partition coefficient (Wildman–Crippen LogP) is 2.53. The van der Waals surface area contributed by atoms with Gasteiger partial charge in [0.25, 0.3) is 5.91 Å². The summed E-state index contributed by atoms with van der Waals surface area (Å²) >= 11 is 1.39. The third-order valence-electron chi connectivity index (χ3n) is 9.11. The number of nitrogens with zero attached hydrogens (tertiary/aromatic N) is 2. The SMILES string of the molecule is O=C1CCC(N2Cc3c(OCc4nc(COC(=O)C56CC7CC(C5)C(=O)C6C7)cs4)cccc3C2=O)C(=O)N1. The molecule has 1 aromatic carbocycles. The lowest BCUT2D eigenvalue weighted by atomic mass is 9.75. The Kier molecular flexibility index (Phi) is 5.62. The number of Topliss-reactive ketones (excluding diaryl/α,β-unsaturated/α-hetero) is 1. The molecule has 4 saturated carbocycles. The summed E-state index contributed by atoms with van der Waals surface area (Å²) in [5, 5.41) is 4.83. The number of carbonyl (C=O) groups excluding carboxylic acids is 5. The lowest BCUT2D eigenvalue weighted by Gasteiger charge is -2.29. The molecule has 2 aromatic rings. The molecule has 5 fully saturated rings. The molecule has 1 aromatic heterocycles. The third-order valence-corrected chi connectivity index (χ3v) is 9.98. The fraction of sp³-hybridized carbons (Fsp3) is 0.500. The van der Waals surface area contributed by atoms with Gasteiger partial charge in [0, 0.05) is 34.8 Å². The quantitative estimate of drug-likeness (QED) is 0.412. The van der Waals surface area contributed by atoms with Gasteiger partial charge in [0.1, 0.15) is 35.8 Å². The molecule has 5 atom stereocenters. The summed E-state index contributed by atoms with van der Waals surface area (Å²) in [5.74, 6) is -0.178. The van der Waals surface area contributed by atoms with Crippen LogP contribution in [0.4, 0.5) is 0 Å². The van der Waals surface area contributed by atoms with Gasteiger partial charge < -0.3 is 14.4 Å². The summed E-state index contributed by atoms with van der Waals surface area (Å²) in [6, 6.07) is 4.54. The van der Waals surface area contributed by atoms with Crippen LogP contribution in [-0.4, -0.2) is 45.4 Å². The van der Waals surface area contributed by atoms with Crippen LogP contribution in [-0.2, 0) is 43.7 Å². The molecule has 1 saturated heterocycles. The van der Waals surface area contributed by atoms with E-state index in [-0.39, 0.29) is 61.6 Å². The van der Waals surface area contributed by atoms with E-state index in [2.05, 4.69) is 10.3 Å². The lowest BCUT2D eigenvalue weighted by Crippen LogP contribution is -2.52. The Bertz CT molecular complexity index is 1440. The highest BCUT2D eigenvalue weighted by molar-refractivity contribution is 7.09. The molecule has 3 amide bonds. The highest BCUT2D eigenvalue weighted by atomic mass is 32.1. The fourth-order valence-electron chi connectivity index (χ4n) is 7.43. The number of ether oxygens (including phenoxy) is 2. The molecule has 4 bridgehead atoms. The number of carbonyl (C=O) groups is 5. The van der Waals surface area contributed by atoms with Gasteiger partial charge in [0.15, 0.2) is 0 Å². The number of imide groups is 1. The number of thiazole rings is 1. The molecule has 3 heterocycles. The maximum Gasteiger partial charge on any atom is 0.313 e. The average Bonchev–Trinajstić information content (AvgIpc) is 3.63. The standard InChI is InChI=1S/C28H27N3O7S/c32-22-5-4-20(25(34)30-22)31-10-18-17(26(31)35)2-1-3-21(18)37-12-23-29-16(13-39-23)11-38-27(36)28-8-14-6-15(9-28)24(33)19(28)7-14/h1-3,13-15,19-20H,4-12H2,(H,30,32,34). The van der Waals surface area contributed by atoms with Crippen LogP contribution in [0.5, 0.6) is 5.75 Å². The van der Waals surface area contributed by atoms with Crippen LogP contribution in [0.25, 0.3) is 0 Å². The maximum absolute atomic E-state index is 13.1. The van der Waals surface area contributed by atoms with Crippen molar-refractivity contribution in [2.75, 3.05) is 0 Å². The van der Waals surface area contributed by atoms with E-state index in [4.69, 9.17) is 9.47 Å². The van der Waals surface area contributed by atoms with Crippen molar-refractivity contribution in [2.45, 2.75) is 64.3 Å². The maximum atomic E-state index is 13.1. The van der Waals surface area contributed by atoms with Crippen LogP contribution in [0.1, 0.15) is 65.1 Å². The van der Waals surface area contributed by atoms with Gasteiger partial charge in [-0.05, 0) is 50.2 Å². The van der Waals surface area contributed by atoms with E-state index < -0.39 is 17.4 Å². The van der Waals surface area contributed by atoms with E-state index in [9.17, 15) is 24.0 Å². The smallest absolute Gasteiger partial charge is 0.313 e. The van der Waals surface area contributed by atoms with E-state index in [1.807, 2.05) is 5.38 Å². The van der Waals surface area contributed by atoms with Crippen molar-refractivity contribution in [3.05, 3.63) is 45.4 Å². The second-order valence-corrected chi connectivity index (χ2v) is 12.3. The van der Waals surface area contributed by atoms with Crippen molar-refractivity contribution in [2.24, 2.45) is 23.2 Å². The number of piperidine rings is 1. The third kappa shape index (κ3) is 3.89. The molecule has 8 rings (SSSR count). The van der Waals surface area contributed by atoms with Gasteiger partial charge in [0.2, 0.25) is 11.8 Å². The molecule has 10 nitrogen and oxygen atoms in total. The normalized spacial score (nSPS) is 30.6. The highest BCUT2D eigenvalue weighted by Crippen LogP contribution is 2.64. The molecule has 202 valence electrons. The Balaban J connectivity index is 0.975. The van der Waals surface area contributed by atoms with E-state index in [1.54, 1.807) is 18.2 Å². The summed E-state index contributed by atoms with van der Waals surface area (Å²) in [5.41, 5.74) is 1.19. The van der Waals surface area contributed by atoms with Gasteiger partial charge >= 0.3 is 5.97 Å². The Morgan fingerprint density at radius 2 is 2.03 bits per heavy atom. The minimum atomic E-state index is -0.688. The monoisotopic (exact) mass is 549 g/mol. The van der Waals surface area contributed by atoms with Gasteiger partial charge in [-0.15, -0.1) is 11.3 Å². The van der Waals surface area contributed by atoms with Crippen molar-refractivity contribution in [3.63, 3.8) is 0 Å². The molecule has 11 heteroatoms. The Labute approximate surface area is 228 Å². The van der Waals surface area contributed by atoms with Crippen molar-refractivity contribution in [1.29, 1.82) is 0 Å². The Hall–Kier alpha value is -3.60.